The standard InChI is InChI=1S/C15H18F3N3O2/c1-10-11(4-5-12(20-10)15(16,17)18)14(23)19-7-6-13(22)21-8-2-3-9-21/h4-5H,2-3,6-9H2,1H3,(H,19,23). The van der Waals surface area contributed by atoms with Gasteiger partial charge in [0.05, 0.1) is 11.3 Å². The number of rotatable bonds is 4. The lowest BCUT2D eigenvalue weighted by Crippen LogP contribution is -2.33. The van der Waals surface area contributed by atoms with Gasteiger partial charge in [-0.15, -0.1) is 0 Å². The zero-order valence-electron chi connectivity index (χ0n) is 12.7. The minimum Gasteiger partial charge on any atom is -0.351 e. The molecule has 1 N–H and O–H groups in total. The van der Waals surface area contributed by atoms with Crippen LogP contribution in [-0.4, -0.2) is 41.3 Å². The number of aromatic nitrogens is 1. The van der Waals surface area contributed by atoms with Crippen molar-refractivity contribution in [1.29, 1.82) is 0 Å². The number of carbonyl (C=O) groups is 2. The molecule has 2 rings (SSSR count). The Labute approximate surface area is 131 Å². The lowest BCUT2D eigenvalue weighted by atomic mass is 10.1. The van der Waals surface area contributed by atoms with Crippen LogP contribution in [0.25, 0.3) is 0 Å². The molecule has 1 aliphatic heterocycles. The fourth-order valence-electron chi connectivity index (χ4n) is 2.46. The van der Waals surface area contributed by atoms with Crippen LogP contribution >= 0.6 is 0 Å². The van der Waals surface area contributed by atoms with E-state index < -0.39 is 17.8 Å². The third-order valence-corrected chi connectivity index (χ3v) is 3.70. The highest BCUT2D eigenvalue weighted by Crippen LogP contribution is 2.28. The summed E-state index contributed by atoms with van der Waals surface area (Å²) in [5, 5.41) is 2.54. The molecule has 0 saturated carbocycles. The highest BCUT2D eigenvalue weighted by Gasteiger charge is 2.33. The number of nitrogens with zero attached hydrogens (tertiary/aromatic N) is 2. The molecule has 0 radical (unpaired) electrons. The van der Waals surface area contributed by atoms with E-state index in [9.17, 15) is 22.8 Å². The Bertz CT molecular complexity index is 596. The second-order valence-electron chi connectivity index (χ2n) is 5.42. The molecule has 2 amide bonds. The molecule has 0 atom stereocenters. The van der Waals surface area contributed by atoms with Crippen LogP contribution in [0.15, 0.2) is 12.1 Å². The van der Waals surface area contributed by atoms with Crippen molar-refractivity contribution in [3.63, 3.8) is 0 Å². The van der Waals surface area contributed by atoms with Gasteiger partial charge >= 0.3 is 6.18 Å². The summed E-state index contributed by atoms with van der Waals surface area (Å²) in [6.45, 7) is 2.98. The molecule has 0 unspecified atom stereocenters. The van der Waals surface area contributed by atoms with E-state index in [2.05, 4.69) is 10.3 Å². The zero-order chi connectivity index (χ0) is 17.0. The first-order chi connectivity index (χ1) is 10.8. The lowest BCUT2D eigenvalue weighted by molar-refractivity contribution is -0.141. The van der Waals surface area contributed by atoms with Crippen LogP contribution in [0.5, 0.6) is 0 Å². The number of alkyl halides is 3. The van der Waals surface area contributed by atoms with E-state index in [1.54, 1.807) is 4.90 Å². The molecule has 1 aromatic heterocycles. The predicted molar refractivity (Wildman–Crippen MR) is 76.7 cm³/mol. The van der Waals surface area contributed by atoms with Gasteiger partial charge in [-0.1, -0.05) is 0 Å². The topological polar surface area (TPSA) is 62.3 Å². The summed E-state index contributed by atoms with van der Waals surface area (Å²) in [6.07, 6.45) is -2.37. The highest BCUT2D eigenvalue weighted by molar-refractivity contribution is 5.95. The monoisotopic (exact) mass is 329 g/mol. The first kappa shape index (κ1) is 17.2. The largest absolute Gasteiger partial charge is 0.433 e. The minimum absolute atomic E-state index is 0.00296. The van der Waals surface area contributed by atoms with Crippen molar-refractivity contribution < 1.29 is 22.8 Å². The van der Waals surface area contributed by atoms with E-state index in [0.29, 0.717) is 0 Å². The van der Waals surface area contributed by atoms with Crippen molar-refractivity contribution in [2.45, 2.75) is 32.4 Å². The Morgan fingerprint density at radius 3 is 2.48 bits per heavy atom. The van der Waals surface area contributed by atoms with Crippen LogP contribution in [0.3, 0.4) is 0 Å². The van der Waals surface area contributed by atoms with Gasteiger partial charge in [-0.2, -0.15) is 13.2 Å². The second-order valence-corrected chi connectivity index (χ2v) is 5.42. The number of nitrogens with one attached hydrogen (secondary N) is 1. The van der Waals surface area contributed by atoms with Gasteiger partial charge in [0.25, 0.3) is 5.91 Å². The van der Waals surface area contributed by atoms with E-state index in [-0.39, 0.29) is 30.1 Å². The molecule has 23 heavy (non-hydrogen) atoms. The molecule has 1 saturated heterocycles. The van der Waals surface area contributed by atoms with Gasteiger partial charge in [-0.3, -0.25) is 9.59 Å². The van der Waals surface area contributed by atoms with Gasteiger partial charge in [0.15, 0.2) is 0 Å². The summed E-state index contributed by atoms with van der Waals surface area (Å²) >= 11 is 0. The molecule has 0 bridgehead atoms. The van der Waals surface area contributed by atoms with Crippen LogP contribution in [0.2, 0.25) is 0 Å². The van der Waals surface area contributed by atoms with Gasteiger partial charge < -0.3 is 10.2 Å². The average Bonchev–Trinajstić information content (AvgIpc) is 3.00. The normalized spacial score (nSPS) is 14.9. The smallest absolute Gasteiger partial charge is 0.351 e. The van der Waals surface area contributed by atoms with E-state index in [1.165, 1.54) is 6.92 Å². The molecule has 126 valence electrons. The number of carbonyl (C=O) groups excluding carboxylic acids is 2. The fraction of sp³-hybridized carbons (Fsp3) is 0.533. The number of pyridine rings is 1. The van der Waals surface area contributed by atoms with E-state index in [0.717, 1.165) is 38.1 Å². The second kappa shape index (κ2) is 6.97. The summed E-state index contributed by atoms with van der Waals surface area (Å²) < 4.78 is 37.6. The molecule has 1 aliphatic rings. The van der Waals surface area contributed by atoms with Gasteiger partial charge in [-0.25, -0.2) is 4.98 Å². The molecule has 0 spiro atoms. The lowest BCUT2D eigenvalue weighted by Gasteiger charge is -2.15. The molecule has 0 aliphatic carbocycles. The predicted octanol–water partition coefficient (Wildman–Crippen LogP) is 2.15. The Hall–Kier alpha value is -2.12. The summed E-state index contributed by atoms with van der Waals surface area (Å²) in [4.78, 5) is 29.0. The van der Waals surface area contributed by atoms with Crippen molar-refractivity contribution in [2.75, 3.05) is 19.6 Å². The number of amides is 2. The Kier molecular flexibility index (Phi) is 5.23. The summed E-state index contributed by atoms with van der Waals surface area (Å²) in [6, 6.07) is 1.88. The van der Waals surface area contributed by atoms with Crippen molar-refractivity contribution in [3.05, 3.63) is 29.1 Å². The van der Waals surface area contributed by atoms with Crippen molar-refractivity contribution in [2.24, 2.45) is 0 Å². The molecule has 0 aromatic carbocycles. The van der Waals surface area contributed by atoms with E-state index >= 15 is 0 Å². The van der Waals surface area contributed by atoms with Gasteiger partial charge in [0.1, 0.15) is 5.69 Å². The van der Waals surface area contributed by atoms with Crippen LogP contribution in [0, 0.1) is 6.92 Å². The van der Waals surface area contributed by atoms with Gasteiger partial charge in [0.2, 0.25) is 5.91 Å². The average molecular weight is 329 g/mol. The Balaban J connectivity index is 1.89. The molecular formula is C15H18F3N3O2. The summed E-state index contributed by atoms with van der Waals surface area (Å²) in [7, 11) is 0. The maximum Gasteiger partial charge on any atom is 0.433 e. The number of hydrogen-bond donors (Lipinski definition) is 1. The Morgan fingerprint density at radius 1 is 1.26 bits per heavy atom. The molecular weight excluding hydrogens is 311 g/mol. The molecule has 5 nitrogen and oxygen atoms in total. The van der Waals surface area contributed by atoms with E-state index in [4.69, 9.17) is 0 Å². The number of hydrogen-bond acceptors (Lipinski definition) is 3. The van der Waals surface area contributed by atoms with Crippen LogP contribution in [0.4, 0.5) is 13.2 Å². The van der Waals surface area contributed by atoms with Gasteiger partial charge in [0, 0.05) is 26.1 Å². The highest BCUT2D eigenvalue weighted by atomic mass is 19.4. The van der Waals surface area contributed by atoms with Crippen LogP contribution in [0.1, 0.15) is 41.0 Å². The molecule has 8 heteroatoms. The quantitative estimate of drug-likeness (QED) is 0.921. The molecule has 2 heterocycles. The van der Waals surface area contributed by atoms with Crippen molar-refractivity contribution in [1.82, 2.24) is 15.2 Å². The first-order valence-corrected chi connectivity index (χ1v) is 7.40. The molecule has 1 aromatic rings. The SMILES string of the molecule is Cc1nc(C(F)(F)F)ccc1C(=O)NCCC(=O)N1CCCC1. The maximum absolute atomic E-state index is 12.5. The maximum atomic E-state index is 12.5. The number of halogens is 3. The number of likely N-dealkylation sites (tertiary alicyclic amines) is 1. The fourth-order valence-corrected chi connectivity index (χ4v) is 2.46. The van der Waals surface area contributed by atoms with Crippen LogP contribution < -0.4 is 5.32 Å². The minimum atomic E-state index is -4.54. The first-order valence-electron chi connectivity index (χ1n) is 7.40. The summed E-state index contributed by atoms with van der Waals surface area (Å²) in [5.74, 6) is -0.553. The van der Waals surface area contributed by atoms with Crippen molar-refractivity contribution >= 4 is 11.8 Å². The third kappa shape index (κ3) is 4.43. The van der Waals surface area contributed by atoms with Gasteiger partial charge in [-0.05, 0) is 31.9 Å². The zero-order valence-corrected chi connectivity index (χ0v) is 12.7. The van der Waals surface area contributed by atoms with Crippen molar-refractivity contribution in [3.8, 4) is 0 Å². The number of aryl methyl sites for hydroxylation is 1. The van der Waals surface area contributed by atoms with Crippen LogP contribution in [-0.2, 0) is 11.0 Å². The Morgan fingerprint density at radius 2 is 1.91 bits per heavy atom. The van der Waals surface area contributed by atoms with E-state index in [1.807, 2.05) is 0 Å². The third-order valence-electron chi connectivity index (χ3n) is 3.70. The molecule has 1 fully saturated rings. The summed E-state index contributed by atoms with van der Waals surface area (Å²) in [5.41, 5.74) is -0.953.